The maximum atomic E-state index is 11.7. The molecule has 2 heterocycles. The quantitative estimate of drug-likeness (QED) is 0.760. The van der Waals surface area contributed by atoms with Crippen LogP contribution in [0.4, 0.5) is 0 Å². The summed E-state index contributed by atoms with van der Waals surface area (Å²) in [5.41, 5.74) is 1.37. The van der Waals surface area contributed by atoms with E-state index >= 15 is 0 Å². The van der Waals surface area contributed by atoms with Gasteiger partial charge >= 0.3 is 0 Å². The number of likely N-dealkylation sites (N-methyl/N-ethyl adjacent to an activating group) is 1. The number of benzene rings is 1. The second-order valence-electron chi connectivity index (χ2n) is 7.29. The molecule has 0 aromatic heterocycles. The first-order valence-electron chi connectivity index (χ1n) is 8.02. The van der Waals surface area contributed by atoms with Gasteiger partial charge in [0.2, 0.25) is 0 Å². The van der Waals surface area contributed by atoms with Crippen LogP contribution in [0.5, 0.6) is 11.5 Å². The molecule has 4 aliphatic rings. The molecule has 2 N–H and O–H groups in total. The molecule has 5 rings (SSSR count). The summed E-state index contributed by atoms with van der Waals surface area (Å²) in [7, 11) is 2.13. The molecular weight excluding hydrogens is 266 g/mol. The van der Waals surface area contributed by atoms with Crippen LogP contribution in [-0.4, -0.2) is 46.5 Å². The summed E-state index contributed by atoms with van der Waals surface area (Å²) in [6, 6.07) is 3.95. The van der Waals surface area contributed by atoms with Crippen LogP contribution < -0.4 is 4.74 Å². The normalized spacial score (nSPS) is 43.3. The van der Waals surface area contributed by atoms with Crippen LogP contribution >= 0.6 is 0 Å². The molecule has 112 valence electrons. The highest BCUT2D eigenvalue weighted by Crippen LogP contribution is 2.65. The molecular formula is C17H21NO3. The third-order valence-corrected chi connectivity index (χ3v) is 6.63. The summed E-state index contributed by atoms with van der Waals surface area (Å²) in [5.74, 6) is 0.887. The molecule has 4 unspecified atom stereocenters. The van der Waals surface area contributed by atoms with Crippen molar-refractivity contribution in [1.82, 2.24) is 4.90 Å². The van der Waals surface area contributed by atoms with Gasteiger partial charge < -0.3 is 19.8 Å². The molecule has 4 nitrogen and oxygen atoms in total. The monoisotopic (exact) mass is 287 g/mol. The van der Waals surface area contributed by atoms with Crippen LogP contribution in [-0.2, 0) is 11.8 Å². The number of nitrogens with zero attached hydrogens (tertiary/aromatic N) is 1. The van der Waals surface area contributed by atoms with E-state index in [1.54, 1.807) is 6.07 Å². The zero-order chi connectivity index (χ0) is 14.4. The molecule has 4 heteroatoms. The molecule has 0 radical (unpaired) electrons. The number of likely N-dealkylation sites (tertiary alicyclic amines) is 1. The van der Waals surface area contributed by atoms with E-state index in [0.29, 0.717) is 5.75 Å². The molecule has 21 heavy (non-hydrogen) atoms. The Bertz CT molecular complexity index is 645. The summed E-state index contributed by atoms with van der Waals surface area (Å²) in [5, 5.41) is 21.9. The van der Waals surface area contributed by atoms with Crippen LogP contribution in [0.1, 0.15) is 36.8 Å². The number of phenolic OH excluding ortho intramolecular Hbond substituents is 1. The number of aliphatic hydroxyl groups is 1. The van der Waals surface area contributed by atoms with Gasteiger partial charge in [0.25, 0.3) is 0 Å². The minimum Gasteiger partial charge on any atom is -0.504 e. The van der Waals surface area contributed by atoms with Gasteiger partial charge in [0.05, 0.1) is 11.0 Å². The van der Waals surface area contributed by atoms with E-state index in [4.69, 9.17) is 4.74 Å². The van der Waals surface area contributed by atoms with Crippen molar-refractivity contribution in [3.05, 3.63) is 23.3 Å². The maximum Gasteiger partial charge on any atom is 0.165 e. The first-order valence-corrected chi connectivity index (χ1v) is 8.02. The number of hydrogen-bond acceptors (Lipinski definition) is 4. The van der Waals surface area contributed by atoms with Crippen LogP contribution in [0.25, 0.3) is 0 Å². The van der Waals surface area contributed by atoms with E-state index in [2.05, 4.69) is 11.9 Å². The first-order chi connectivity index (χ1) is 10.1. The molecule has 2 fully saturated rings. The molecule has 1 saturated carbocycles. The number of rotatable bonds is 0. The van der Waals surface area contributed by atoms with Crippen molar-refractivity contribution in [3.8, 4) is 11.5 Å². The molecule has 1 aromatic carbocycles. The van der Waals surface area contributed by atoms with E-state index in [9.17, 15) is 10.2 Å². The molecule has 1 spiro atoms. The minimum atomic E-state index is -0.713. The highest BCUT2D eigenvalue weighted by atomic mass is 16.5. The smallest absolute Gasteiger partial charge is 0.165 e. The lowest BCUT2D eigenvalue weighted by Crippen LogP contribution is -2.74. The van der Waals surface area contributed by atoms with Gasteiger partial charge in [0.15, 0.2) is 11.5 Å². The Morgan fingerprint density at radius 1 is 1.33 bits per heavy atom. The average molecular weight is 287 g/mol. The molecule has 2 bridgehead atoms. The number of hydrogen-bond donors (Lipinski definition) is 2. The third kappa shape index (κ3) is 1.14. The maximum absolute atomic E-state index is 11.7. The van der Waals surface area contributed by atoms with Gasteiger partial charge in [-0.05, 0) is 57.3 Å². The van der Waals surface area contributed by atoms with Gasteiger partial charge in [0.1, 0.15) is 6.10 Å². The van der Waals surface area contributed by atoms with Crippen molar-refractivity contribution in [3.63, 3.8) is 0 Å². The predicted octanol–water partition coefficient (Wildman–Crippen LogP) is 1.57. The van der Waals surface area contributed by atoms with Crippen molar-refractivity contribution in [2.45, 2.75) is 55.3 Å². The van der Waals surface area contributed by atoms with Gasteiger partial charge in [-0.1, -0.05) is 6.07 Å². The minimum absolute atomic E-state index is 0.0230. The number of phenols is 1. The van der Waals surface area contributed by atoms with E-state index in [-0.39, 0.29) is 23.3 Å². The Kier molecular flexibility index (Phi) is 2.08. The number of ether oxygens (including phenoxy) is 1. The van der Waals surface area contributed by atoms with Crippen LogP contribution in [0, 0.1) is 0 Å². The summed E-state index contributed by atoms with van der Waals surface area (Å²) in [4.78, 5) is 2.32. The van der Waals surface area contributed by atoms with Gasteiger partial charge in [-0.3, -0.25) is 0 Å². The van der Waals surface area contributed by atoms with Crippen LogP contribution in [0.3, 0.4) is 0 Å². The summed E-state index contributed by atoms with van der Waals surface area (Å²) < 4.78 is 6.18. The molecule has 1 aromatic rings. The van der Waals surface area contributed by atoms with Crippen molar-refractivity contribution in [1.29, 1.82) is 0 Å². The molecule has 2 aliphatic heterocycles. The Morgan fingerprint density at radius 2 is 2.19 bits per heavy atom. The van der Waals surface area contributed by atoms with Crippen LogP contribution in [0.2, 0.25) is 0 Å². The molecule has 2 aliphatic carbocycles. The second-order valence-corrected chi connectivity index (χ2v) is 7.29. The largest absolute Gasteiger partial charge is 0.504 e. The number of aromatic hydroxyl groups is 1. The van der Waals surface area contributed by atoms with E-state index in [0.717, 1.165) is 44.2 Å². The zero-order valence-corrected chi connectivity index (χ0v) is 12.3. The second kappa shape index (κ2) is 3.55. The Hall–Kier alpha value is -1.26. The summed E-state index contributed by atoms with van der Waals surface area (Å²) >= 11 is 0. The van der Waals surface area contributed by atoms with Gasteiger partial charge in [-0.2, -0.15) is 0 Å². The summed E-state index contributed by atoms with van der Waals surface area (Å²) in [6.07, 6.45) is 4.62. The average Bonchev–Trinajstić information content (AvgIpc) is 2.80. The van der Waals surface area contributed by atoms with Crippen molar-refractivity contribution >= 4 is 0 Å². The van der Waals surface area contributed by atoms with Gasteiger partial charge in [-0.25, -0.2) is 0 Å². The third-order valence-electron chi connectivity index (χ3n) is 6.63. The highest BCUT2D eigenvalue weighted by molar-refractivity contribution is 5.62. The fraction of sp³-hybridized carbons (Fsp3) is 0.647. The van der Waals surface area contributed by atoms with Crippen molar-refractivity contribution in [2.24, 2.45) is 0 Å². The summed E-state index contributed by atoms with van der Waals surface area (Å²) in [6.45, 7) is 0.987. The Balaban J connectivity index is 1.86. The fourth-order valence-corrected chi connectivity index (χ4v) is 5.75. The molecule has 4 atom stereocenters. The lowest BCUT2D eigenvalue weighted by molar-refractivity contribution is -0.180. The van der Waals surface area contributed by atoms with E-state index in [1.807, 2.05) is 6.07 Å². The van der Waals surface area contributed by atoms with E-state index in [1.165, 1.54) is 5.56 Å². The SMILES string of the molecule is CN1CCC23c4c5ccc(O)c4OC2CCCC3(O)C1C5. The predicted molar refractivity (Wildman–Crippen MR) is 77.7 cm³/mol. The highest BCUT2D eigenvalue weighted by Gasteiger charge is 2.70. The zero-order valence-electron chi connectivity index (χ0n) is 12.3. The fourth-order valence-electron chi connectivity index (χ4n) is 5.75. The molecule has 1 saturated heterocycles. The lowest BCUT2D eigenvalue weighted by Gasteiger charge is -2.62. The lowest BCUT2D eigenvalue weighted by atomic mass is 9.49. The van der Waals surface area contributed by atoms with E-state index < -0.39 is 5.60 Å². The van der Waals surface area contributed by atoms with Crippen molar-refractivity contribution in [2.75, 3.05) is 13.6 Å². The Morgan fingerprint density at radius 3 is 3.05 bits per heavy atom. The van der Waals surface area contributed by atoms with Gasteiger partial charge in [0, 0.05) is 11.6 Å². The van der Waals surface area contributed by atoms with Crippen LogP contribution in [0.15, 0.2) is 12.1 Å². The topological polar surface area (TPSA) is 52.9 Å². The Labute approximate surface area is 124 Å². The number of piperidine rings is 1. The standard InChI is InChI=1S/C17H21NO3/c1-18-8-7-16-13-3-2-6-17(16,20)12(18)9-10-4-5-11(19)15(21-13)14(10)16/h4-5,12-13,19-20H,2-3,6-9H2,1H3. The first kappa shape index (κ1) is 12.3. The van der Waals surface area contributed by atoms with Gasteiger partial charge in [-0.15, -0.1) is 0 Å². The van der Waals surface area contributed by atoms with Crippen molar-refractivity contribution < 1.29 is 14.9 Å². The molecule has 0 amide bonds.